The van der Waals surface area contributed by atoms with Crippen LogP contribution in [0, 0.1) is 16.0 Å². The molecule has 1 aliphatic rings. The van der Waals surface area contributed by atoms with Crippen molar-refractivity contribution in [1.29, 1.82) is 0 Å². The lowest BCUT2D eigenvalue weighted by Gasteiger charge is -1.99. The SMILES string of the molecule is O=[N+]([O-])c1ccc2nc(NCCCC3CC3)oc2c1. The van der Waals surface area contributed by atoms with Crippen LogP contribution in [-0.2, 0) is 0 Å². The standard InChI is InChI=1S/C13H15N3O3/c17-16(18)10-5-6-11-12(8-10)19-13(15-11)14-7-1-2-9-3-4-9/h5-6,8-9H,1-4,7H2,(H,14,15). The molecule has 19 heavy (non-hydrogen) atoms. The molecule has 0 spiro atoms. The topological polar surface area (TPSA) is 81.2 Å². The van der Waals surface area contributed by atoms with E-state index in [2.05, 4.69) is 10.3 Å². The van der Waals surface area contributed by atoms with Gasteiger partial charge in [0.2, 0.25) is 0 Å². The zero-order valence-corrected chi connectivity index (χ0v) is 10.5. The summed E-state index contributed by atoms with van der Waals surface area (Å²) in [5, 5.41) is 13.8. The summed E-state index contributed by atoms with van der Waals surface area (Å²) in [6.45, 7) is 0.825. The molecule has 1 heterocycles. The van der Waals surface area contributed by atoms with Crippen molar-refractivity contribution in [3.05, 3.63) is 28.3 Å². The summed E-state index contributed by atoms with van der Waals surface area (Å²) in [7, 11) is 0. The molecular formula is C13H15N3O3. The third kappa shape index (κ3) is 2.83. The fraction of sp³-hybridized carbons (Fsp3) is 0.462. The predicted molar refractivity (Wildman–Crippen MR) is 71.1 cm³/mol. The quantitative estimate of drug-likeness (QED) is 0.490. The summed E-state index contributed by atoms with van der Waals surface area (Å²) in [5.74, 6) is 0.924. The number of oxazole rings is 1. The van der Waals surface area contributed by atoms with Crippen LogP contribution in [0.3, 0.4) is 0 Å². The van der Waals surface area contributed by atoms with Crippen LogP contribution in [-0.4, -0.2) is 16.5 Å². The average molecular weight is 261 g/mol. The summed E-state index contributed by atoms with van der Waals surface area (Å²) < 4.78 is 5.45. The van der Waals surface area contributed by atoms with E-state index in [1.807, 2.05) is 0 Å². The van der Waals surface area contributed by atoms with E-state index in [1.165, 1.54) is 31.4 Å². The highest BCUT2D eigenvalue weighted by Gasteiger charge is 2.20. The second-order valence-electron chi connectivity index (χ2n) is 4.94. The van der Waals surface area contributed by atoms with Gasteiger partial charge in [-0.3, -0.25) is 10.1 Å². The lowest BCUT2D eigenvalue weighted by Crippen LogP contribution is -2.01. The van der Waals surface area contributed by atoms with Crippen LogP contribution < -0.4 is 5.32 Å². The Labute approximate surface area is 110 Å². The number of nitrogens with zero attached hydrogens (tertiary/aromatic N) is 2. The molecule has 1 N–H and O–H groups in total. The molecule has 1 aromatic carbocycles. The van der Waals surface area contributed by atoms with E-state index in [0.29, 0.717) is 17.1 Å². The molecule has 0 aliphatic heterocycles. The third-order valence-electron chi connectivity index (χ3n) is 3.35. The van der Waals surface area contributed by atoms with E-state index in [9.17, 15) is 10.1 Å². The number of aromatic nitrogens is 1. The molecule has 0 atom stereocenters. The van der Waals surface area contributed by atoms with Gasteiger partial charge in [0.15, 0.2) is 5.58 Å². The van der Waals surface area contributed by atoms with E-state index in [0.717, 1.165) is 18.9 Å². The Balaban J connectivity index is 1.64. The molecule has 1 saturated carbocycles. The van der Waals surface area contributed by atoms with Crippen molar-refractivity contribution < 1.29 is 9.34 Å². The summed E-state index contributed by atoms with van der Waals surface area (Å²) in [6, 6.07) is 4.87. The zero-order valence-electron chi connectivity index (χ0n) is 10.5. The second kappa shape index (κ2) is 4.87. The number of fused-ring (bicyclic) bond motifs is 1. The highest BCUT2D eigenvalue weighted by molar-refractivity contribution is 5.77. The Hall–Kier alpha value is -2.11. The van der Waals surface area contributed by atoms with E-state index < -0.39 is 4.92 Å². The lowest BCUT2D eigenvalue weighted by molar-refractivity contribution is -0.384. The molecule has 3 rings (SSSR count). The average Bonchev–Trinajstić information content (AvgIpc) is 3.12. The molecule has 1 aliphatic carbocycles. The van der Waals surface area contributed by atoms with Crippen LogP contribution in [0.5, 0.6) is 0 Å². The molecule has 2 aromatic rings. The Morgan fingerprint density at radius 2 is 2.32 bits per heavy atom. The van der Waals surface area contributed by atoms with E-state index in [4.69, 9.17) is 4.42 Å². The van der Waals surface area contributed by atoms with Crippen molar-refractivity contribution >= 4 is 22.8 Å². The number of anilines is 1. The first kappa shape index (κ1) is 12.0. The van der Waals surface area contributed by atoms with E-state index in [-0.39, 0.29) is 5.69 Å². The van der Waals surface area contributed by atoms with Gasteiger partial charge in [-0.05, 0) is 24.8 Å². The zero-order chi connectivity index (χ0) is 13.2. The van der Waals surface area contributed by atoms with Crippen molar-refractivity contribution in [3.8, 4) is 0 Å². The highest BCUT2D eigenvalue weighted by atomic mass is 16.6. The van der Waals surface area contributed by atoms with Crippen LogP contribution in [0.4, 0.5) is 11.7 Å². The normalized spacial score (nSPS) is 14.7. The summed E-state index contributed by atoms with van der Waals surface area (Å²) in [5.41, 5.74) is 1.10. The first-order valence-electron chi connectivity index (χ1n) is 6.51. The molecule has 0 radical (unpaired) electrons. The summed E-state index contributed by atoms with van der Waals surface area (Å²) >= 11 is 0. The minimum absolute atomic E-state index is 0.0175. The maximum atomic E-state index is 10.7. The maximum absolute atomic E-state index is 10.7. The first-order chi connectivity index (χ1) is 9.22. The summed E-state index contributed by atoms with van der Waals surface area (Å²) in [4.78, 5) is 14.5. The predicted octanol–water partition coefficient (Wildman–Crippen LogP) is 3.34. The Kier molecular flexibility index (Phi) is 3.06. The van der Waals surface area contributed by atoms with Gasteiger partial charge in [-0.25, -0.2) is 0 Å². The van der Waals surface area contributed by atoms with E-state index in [1.54, 1.807) is 6.07 Å². The third-order valence-corrected chi connectivity index (χ3v) is 3.35. The Morgan fingerprint density at radius 1 is 1.47 bits per heavy atom. The van der Waals surface area contributed by atoms with Gasteiger partial charge in [0.1, 0.15) is 5.52 Å². The second-order valence-corrected chi connectivity index (χ2v) is 4.94. The molecule has 0 bridgehead atoms. The van der Waals surface area contributed by atoms with Crippen molar-refractivity contribution in [2.24, 2.45) is 5.92 Å². The van der Waals surface area contributed by atoms with Crippen LogP contribution >= 0.6 is 0 Å². The lowest BCUT2D eigenvalue weighted by atomic mass is 10.2. The molecule has 6 nitrogen and oxygen atoms in total. The largest absolute Gasteiger partial charge is 0.423 e. The van der Waals surface area contributed by atoms with Crippen LogP contribution in [0.15, 0.2) is 22.6 Å². The number of rotatable bonds is 6. The number of non-ortho nitro benzene ring substituents is 1. The molecule has 0 amide bonds. The van der Waals surface area contributed by atoms with E-state index >= 15 is 0 Å². The van der Waals surface area contributed by atoms with Gasteiger partial charge in [-0.2, -0.15) is 4.98 Å². The number of nitro groups is 1. The van der Waals surface area contributed by atoms with Gasteiger partial charge in [0, 0.05) is 12.6 Å². The maximum Gasteiger partial charge on any atom is 0.295 e. The number of benzene rings is 1. The van der Waals surface area contributed by atoms with Crippen molar-refractivity contribution in [1.82, 2.24) is 4.98 Å². The Bertz CT molecular complexity index is 604. The van der Waals surface area contributed by atoms with Gasteiger partial charge in [-0.1, -0.05) is 12.8 Å². The molecular weight excluding hydrogens is 246 g/mol. The summed E-state index contributed by atoms with van der Waals surface area (Å²) in [6.07, 6.45) is 5.08. The Morgan fingerprint density at radius 3 is 3.05 bits per heavy atom. The van der Waals surface area contributed by atoms with Gasteiger partial charge < -0.3 is 9.73 Å². The van der Waals surface area contributed by atoms with Crippen molar-refractivity contribution in [2.75, 3.05) is 11.9 Å². The van der Waals surface area contributed by atoms with Crippen LogP contribution in [0.25, 0.3) is 11.1 Å². The molecule has 0 saturated heterocycles. The van der Waals surface area contributed by atoms with Crippen LogP contribution in [0.1, 0.15) is 25.7 Å². The molecule has 100 valence electrons. The monoisotopic (exact) mass is 261 g/mol. The van der Waals surface area contributed by atoms with Gasteiger partial charge >= 0.3 is 0 Å². The molecule has 6 heteroatoms. The van der Waals surface area contributed by atoms with Crippen molar-refractivity contribution in [2.45, 2.75) is 25.7 Å². The van der Waals surface area contributed by atoms with Crippen LogP contribution in [0.2, 0.25) is 0 Å². The number of nitrogens with one attached hydrogen (secondary N) is 1. The highest BCUT2D eigenvalue weighted by Crippen LogP contribution is 2.33. The fourth-order valence-corrected chi connectivity index (χ4v) is 2.10. The molecule has 1 aromatic heterocycles. The molecule has 0 unspecified atom stereocenters. The molecule has 1 fully saturated rings. The minimum atomic E-state index is -0.440. The van der Waals surface area contributed by atoms with Gasteiger partial charge in [-0.15, -0.1) is 0 Å². The van der Waals surface area contributed by atoms with Gasteiger partial charge in [0.05, 0.1) is 11.0 Å². The minimum Gasteiger partial charge on any atom is -0.423 e. The van der Waals surface area contributed by atoms with Gasteiger partial charge in [0.25, 0.3) is 11.7 Å². The fourth-order valence-electron chi connectivity index (χ4n) is 2.10. The number of hydrogen-bond acceptors (Lipinski definition) is 5. The smallest absolute Gasteiger partial charge is 0.295 e. The number of nitro benzene ring substituents is 1. The number of hydrogen-bond donors (Lipinski definition) is 1. The van der Waals surface area contributed by atoms with Crippen molar-refractivity contribution in [3.63, 3.8) is 0 Å². The first-order valence-corrected chi connectivity index (χ1v) is 6.51.